The molecule has 1 aromatic rings. The average molecular weight is 576 g/mol. The van der Waals surface area contributed by atoms with Crippen LogP contribution in [0, 0.1) is 0 Å². The summed E-state index contributed by atoms with van der Waals surface area (Å²) >= 11 is 0. The van der Waals surface area contributed by atoms with Crippen molar-refractivity contribution in [2.45, 2.75) is 136 Å². The number of hydrogen-bond donors (Lipinski definition) is 0. The van der Waals surface area contributed by atoms with Crippen LogP contribution in [0.2, 0.25) is 0 Å². The van der Waals surface area contributed by atoms with Gasteiger partial charge in [-0.15, -0.1) is 0 Å². The zero-order chi connectivity index (χ0) is 27.0. The monoisotopic (exact) mass is 574 g/mol. The van der Waals surface area contributed by atoms with E-state index in [0.717, 1.165) is 4.48 Å². The van der Waals surface area contributed by atoms with Crippen LogP contribution in [0.4, 0.5) is 5.69 Å². The van der Waals surface area contributed by atoms with Gasteiger partial charge >= 0.3 is 0 Å². The number of hydrogen-bond acceptors (Lipinski definition) is 0. The maximum Gasteiger partial charge on any atom is 0.132 e. The van der Waals surface area contributed by atoms with Crippen molar-refractivity contribution in [3.8, 4) is 0 Å². The Morgan fingerprint density at radius 3 is 0.974 bits per heavy atom. The molecule has 1 rings (SSSR count). The highest BCUT2D eigenvalue weighted by Gasteiger charge is 2.20. The van der Waals surface area contributed by atoms with Crippen molar-refractivity contribution in [2.75, 3.05) is 47.8 Å². The van der Waals surface area contributed by atoms with Crippen molar-refractivity contribution < 1.29 is 29.3 Å². The third-order valence-corrected chi connectivity index (χ3v) is 7.69. The van der Waals surface area contributed by atoms with Gasteiger partial charge in [-0.25, -0.2) is 0 Å². The average Bonchev–Trinajstić information content (AvgIpc) is 2.86. The van der Waals surface area contributed by atoms with Gasteiger partial charge in [0.1, 0.15) is 5.69 Å². The van der Waals surface area contributed by atoms with Gasteiger partial charge < -0.3 is 29.3 Å². The summed E-state index contributed by atoms with van der Waals surface area (Å²) in [6.07, 6.45) is 25.9. The maximum absolute atomic E-state index is 2.56. The van der Waals surface area contributed by atoms with Gasteiger partial charge in [-0.3, -0.25) is 4.48 Å². The topological polar surface area (TPSA) is 0 Å². The first-order valence-electron chi connectivity index (χ1n) is 16.0. The van der Waals surface area contributed by atoms with Crippen LogP contribution in [0.1, 0.15) is 136 Å². The molecule has 0 saturated heterocycles. The summed E-state index contributed by atoms with van der Waals surface area (Å²) in [5.41, 5.74) is 1.34. The van der Waals surface area contributed by atoms with E-state index in [1.807, 2.05) is 6.07 Å². The second-order valence-corrected chi connectivity index (χ2v) is 12.4. The Hall–Kier alpha value is -0.280. The Bertz CT molecular complexity index is 531. The van der Waals surface area contributed by atoms with E-state index in [1.54, 1.807) is 0 Å². The molecule has 0 spiro atoms. The third-order valence-electron chi connectivity index (χ3n) is 7.69. The Balaban J connectivity index is -0.000000854. The molecule has 0 radical (unpaired) electrons. The third kappa shape index (κ3) is 26.0. The number of nitrogens with zero attached hydrogens (tertiary/aromatic N) is 2. The molecule has 0 N–H and O–H groups in total. The van der Waals surface area contributed by atoms with Gasteiger partial charge in [0.25, 0.3) is 0 Å². The molecule has 0 heterocycles. The summed E-state index contributed by atoms with van der Waals surface area (Å²) in [4.78, 5) is 0. The van der Waals surface area contributed by atoms with Crippen LogP contribution in [0.5, 0.6) is 0 Å². The summed E-state index contributed by atoms with van der Waals surface area (Å²) in [6, 6.07) is 10.5. The van der Waals surface area contributed by atoms with Crippen LogP contribution < -0.4 is 29.3 Å². The fraction of sp³-hybridized carbons (Fsp3) is 0.824. The van der Waals surface area contributed by atoms with E-state index in [-0.39, 0.29) is 24.8 Å². The molecule has 228 valence electrons. The fourth-order valence-electron chi connectivity index (χ4n) is 5.03. The first-order valence-corrected chi connectivity index (χ1v) is 16.0. The van der Waals surface area contributed by atoms with Crippen molar-refractivity contribution in [1.29, 1.82) is 0 Å². The highest BCUT2D eigenvalue weighted by Crippen LogP contribution is 2.16. The van der Waals surface area contributed by atoms with E-state index in [0.29, 0.717) is 0 Å². The molecule has 0 aliphatic heterocycles. The molecule has 1 aromatic carbocycles. The Morgan fingerprint density at radius 2 is 0.711 bits per heavy atom. The van der Waals surface area contributed by atoms with Crippen molar-refractivity contribution in [2.24, 2.45) is 0 Å². The van der Waals surface area contributed by atoms with E-state index in [2.05, 4.69) is 73.2 Å². The first-order chi connectivity index (χ1) is 17.3. The Morgan fingerprint density at radius 1 is 0.421 bits per heavy atom. The van der Waals surface area contributed by atoms with E-state index in [1.165, 1.54) is 145 Å². The quantitative estimate of drug-likeness (QED) is 0.142. The maximum atomic E-state index is 2.56. The molecule has 0 fully saturated rings. The van der Waals surface area contributed by atoms with Crippen molar-refractivity contribution in [3.05, 3.63) is 30.3 Å². The summed E-state index contributed by atoms with van der Waals surface area (Å²) in [6.45, 7) is 11.2. The number of benzene rings is 1. The second-order valence-electron chi connectivity index (χ2n) is 12.4. The number of rotatable bonds is 22. The van der Waals surface area contributed by atoms with Crippen LogP contribution in [0.15, 0.2) is 30.3 Å². The molecule has 0 aromatic heterocycles. The molecule has 0 amide bonds. The van der Waals surface area contributed by atoms with Crippen LogP contribution >= 0.6 is 0 Å². The standard InChI is InChI=1S/C25H54N.C9H14N.2ClH/c1-5-8-11-14-17-20-23-26(4,24-21-18-15-12-9-6-2)25-22-19-16-13-10-7-3;1-10(2,3)9-7-5-4-6-8-9;;/h5-25H2,1-4H3;4-8H,1-3H3;2*1H/q2*+1;;/p-2. The van der Waals surface area contributed by atoms with Gasteiger partial charge in [-0.2, -0.15) is 0 Å². The zero-order valence-electron chi connectivity index (χ0n) is 26.9. The first kappa shape index (κ1) is 42.2. The van der Waals surface area contributed by atoms with Gasteiger partial charge in [0, 0.05) is 0 Å². The van der Waals surface area contributed by atoms with Gasteiger partial charge in [0.2, 0.25) is 0 Å². The summed E-state index contributed by atoms with van der Waals surface area (Å²) in [7, 11) is 9.05. The predicted octanol–water partition coefficient (Wildman–Crippen LogP) is 4.41. The molecular formula is C34H68Cl2N2. The number of halogens is 2. The lowest BCUT2D eigenvalue weighted by atomic mass is 10.1. The molecule has 0 atom stereocenters. The summed E-state index contributed by atoms with van der Waals surface area (Å²) in [5.74, 6) is 0. The van der Waals surface area contributed by atoms with E-state index in [9.17, 15) is 0 Å². The smallest absolute Gasteiger partial charge is 0.132 e. The minimum atomic E-state index is 0. The van der Waals surface area contributed by atoms with E-state index in [4.69, 9.17) is 0 Å². The van der Waals surface area contributed by atoms with Gasteiger partial charge in [0.15, 0.2) is 0 Å². The molecule has 0 saturated carbocycles. The SMILES string of the molecule is CCCCCCCC[N+](C)(CCCCCCCC)CCCCCCCC.C[N+](C)(C)c1ccccc1.[Cl-].[Cl-]. The fourth-order valence-corrected chi connectivity index (χ4v) is 5.03. The number of para-hydroxylation sites is 1. The Kier molecular flexibility index (Phi) is 31.4. The summed E-state index contributed by atoms with van der Waals surface area (Å²) < 4.78 is 2.25. The minimum Gasteiger partial charge on any atom is -1.00 e. The van der Waals surface area contributed by atoms with Crippen LogP contribution in [-0.4, -0.2) is 52.3 Å². The molecule has 0 aliphatic rings. The lowest BCUT2D eigenvalue weighted by molar-refractivity contribution is -0.910. The van der Waals surface area contributed by atoms with Gasteiger partial charge in [-0.05, 0) is 50.7 Å². The molecule has 0 unspecified atom stereocenters. The molecular weight excluding hydrogens is 507 g/mol. The molecule has 0 bridgehead atoms. The van der Waals surface area contributed by atoms with Crippen molar-refractivity contribution in [1.82, 2.24) is 4.48 Å². The molecule has 38 heavy (non-hydrogen) atoms. The Labute approximate surface area is 253 Å². The predicted molar refractivity (Wildman–Crippen MR) is 167 cm³/mol. The highest BCUT2D eigenvalue weighted by molar-refractivity contribution is 5.40. The molecule has 0 aliphatic carbocycles. The van der Waals surface area contributed by atoms with Crippen LogP contribution in [0.3, 0.4) is 0 Å². The van der Waals surface area contributed by atoms with Crippen molar-refractivity contribution >= 4 is 5.69 Å². The number of quaternary nitrogens is 2. The van der Waals surface area contributed by atoms with Crippen LogP contribution in [-0.2, 0) is 0 Å². The van der Waals surface area contributed by atoms with E-state index < -0.39 is 0 Å². The molecule has 4 heteroatoms. The largest absolute Gasteiger partial charge is 1.00 e. The summed E-state index contributed by atoms with van der Waals surface area (Å²) in [5, 5.41) is 0. The highest BCUT2D eigenvalue weighted by atomic mass is 35.5. The zero-order valence-corrected chi connectivity index (χ0v) is 28.4. The second kappa shape index (κ2) is 28.3. The number of unbranched alkanes of at least 4 members (excludes halogenated alkanes) is 15. The lowest BCUT2D eigenvalue weighted by Gasteiger charge is -2.35. The lowest BCUT2D eigenvalue weighted by Crippen LogP contribution is -3.00. The van der Waals surface area contributed by atoms with Crippen LogP contribution in [0.25, 0.3) is 0 Å². The van der Waals surface area contributed by atoms with Gasteiger partial charge in [-0.1, -0.05) is 116 Å². The minimum absolute atomic E-state index is 0. The van der Waals surface area contributed by atoms with Crippen molar-refractivity contribution in [3.63, 3.8) is 0 Å². The normalized spacial score (nSPS) is 11.2. The molecule has 2 nitrogen and oxygen atoms in total. The van der Waals surface area contributed by atoms with E-state index >= 15 is 0 Å². The van der Waals surface area contributed by atoms with Gasteiger partial charge in [0.05, 0.1) is 47.8 Å².